The van der Waals surface area contributed by atoms with Gasteiger partial charge in [0.05, 0.1) is 35.5 Å². The molecular formula is C18H17ClN2O. The van der Waals surface area contributed by atoms with Gasteiger partial charge in [0.25, 0.3) is 0 Å². The minimum Gasteiger partial charge on any atom is -0.496 e. The largest absolute Gasteiger partial charge is 0.496 e. The Morgan fingerprint density at radius 3 is 2.68 bits per heavy atom. The van der Waals surface area contributed by atoms with E-state index in [9.17, 15) is 0 Å². The van der Waals surface area contributed by atoms with Gasteiger partial charge in [0, 0.05) is 5.56 Å². The van der Waals surface area contributed by atoms with Crippen molar-refractivity contribution in [3.63, 3.8) is 0 Å². The molecule has 4 heteroatoms. The molecule has 0 radical (unpaired) electrons. The van der Waals surface area contributed by atoms with Crippen molar-refractivity contribution in [1.82, 2.24) is 0 Å². The van der Waals surface area contributed by atoms with Crippen LogP contribution in [-0.2, 0) is 0 Å². The topological polar surface area (TPSA) is 45.0 Å². The Hall–Kier alpha value is -2.44. The molecule has 0 saturated heterocycles. The summed E-state index contributed by atoms with van der Waals surface area (Å²) in [6.07, 6.45) is 1.80. The fourth-order valence-electron chi connectivity index (χ4n) is 2.23. The van der Waals surface area contributed by atoms with E-state index in [0.717, 1.165) is 22.6 Å². The number of halogens is 1. The lowest BCUT2D eigenvalue weighted by Crippen LogP contribution is -2.09. The Labute approximate surface area is 135 Å². The van der Waals surface area contributed by atoms with E-state index in [4.69, 9.17) is 21.6 Å². The van der Waals surface area contributed by atoms with Crippen molar-refractivity contribution in [2.45, 2.75) is 13.0 Å². The molecule has 0 spiro atoms. The number of nitrogens with one attached hydrogen (secondary N) is 1. The molecule has 0 aliphatic heterocycles. The monoisotopic (exact) mass is 312 g/mol. The van der Waals surface area contributed by atoms with Gasteiger partial charge in [-0.15, -0.1) is 0 Å². The summed E-state index contributed by atoms with van der Waals surface area (Å²) in [6, 6.07) is 13.1. The predicted octanol–water partition coefficient (Wildman–Crippen LogP) is 5.04. The summed E-state index contributed by atoms with van der Waals surface area (Å²) < 4.78 is 5.42. The van der Waals surface area contributed by atoms with E-state index in [0.29, 0.717) is 10.6 Å². The standard InChI is InChI=1S/C18H17ClN2O/c1-4-13-6-8-18(22-3)15(9-13)12(2)21-17-7-5-14(11-20)10-16(17)19/h4-10,12,21H,1H2,2-3H3. The minimum absolute atomic E-state index is 0.0136. The first-order valence-electron chi connectivity index (χ1n) is 6.85. The lowest BCUT2D eigenvalue weighted by Gasteiger charge is -2.20. The maximum Gasteiger partial charge on any atom is 0.124 e. The second-order valence-electron chi connectivity index (χ2n) is 4.88. The number of ether oxygens (including phenoxy) is 1. The summed E-state index contributed by atoms with van der Waals surface area (Å²) in [4.78, 5) is 0. The van der Waals surface area contributed by atoms with Crippen LogP contribution >= 0.6 is 11.6 Å². The van der Waals surface area contributed by atoms with Crippen molar-refractivity contribution in [2.75, 3.05) is 12.4 Å². The van der Waals surface area contributed by atoms with Crippen LogP contribution in [0, 0.1) is 11.3 Å². The quantitative estimate of drug-likeness (QED) is 0.841. The van der Waals surface area contributed by atoms with E-state index in [1.54, 1.807) is 31.4 Å². The van der Waals surface area contributed by atoms with Gasteiger partial charge >= 0.3 is 0 Å². The third-order valence-electron chi connectivity index (χ3n) is 3.43. The van der Waals surface area contributed by atoms with Crippen molar-refractivity contribution in [3.05, 3.63) is 64.7 Å². The van der Waals surface area contributed by atoms with E-state index in [1.165, 1.54) is 0 Å². The van der Waals surface area contributed by atoms with Crippen molar-refractivity contribution < 1.29 is 4.74 Å². The average Bonchev–Trinajstić information content (AvgIpc) is 2.55. The van der Waals surface area contributed by atoms with Crippen LogP contribution in [0.15, 0.2) is 43.0 Å². The molecule has 22 heavy (non-hydrogen) atoms. The molecule has 2 rings (SSSR count). The van der Waals surface area contributed by atoms with Crippen LogP contribution in [0.25, 0.3) is 6.08 Å². The second-order valence-corrected chi connectivity index (χ2v) is 5.29. The zero-order valence-corrected chi connectivity index (χ0v) is 13.3. The summed E-state index contributed by atoms with van der Waals surface area (Å²) >= 11 is 6.21. The number of anilines is 1. The Balaban J connectivity index is 2.31. The first kappa shape index (κ1) is 15.9. The summed E-state index contributed by atoms with van der Waals surface area (Å²) in [5.74, 6) is 0.801. The Bertz CT molecular complexity index is 734. The molecule has 2 aromatic rings. The second kappa shape index (κ2) is 7.02. The Morgan fingerprint density at radius 2 is 2.09 bits per heavy atom. The van der Waals surface area contributed by atoms with Crippen molar-refractivity contribution >= 4 is 23.4 Å². The highest BCUT2D eigenvalue weighted by molar-refractivity contribution is 6.33. The van der Waals surface area contributed by atoms with Crippen LogP contribution in [0.5, 0.6) is 5.75 Å². The third-order valence-corrected chi connectivity index (χ3v) is 3.74. The Kier molecular flexibility index (Phi) is 5.08. The summed E-state index contributed by atoms with van der Waals surface area (Å²) in [7, 11) is 1.65. The fourth-order valence-corrected chi connectivity index (χ4v) is 2.47. The summed E-state index contributed by atoms with van der Waals surface area (Å²) in [6.45, 7) is 5.82. The van der Waals surface area contributed by atoms with Gasteiger partial charge in [-0.2, -0.15) is 5.26 Å². The number of hydrogen-bond acceptors (Lipinski definition) is 3. The molecule has 0 saturated carbocycles. The number of rotatable bonds is 5. The van der Waals surface area contributed by atoms with Gasteiger partial charge in [0.2, 0.25) is 0 Å². The highest BCUT2D eigenvalue weighted by Crippen LogP contribution is 2.31. The molecule has 0 aliphatic rings. The zero-order chi connectivity index (χ0) is 16.1. The summed E-state index contributed by atoms with van der Waals surface area (Å²) in [5.41, 5.74) is 3.35. The maximum atomic E-state index is 8.88. The molecule has 0 bridgehead atoms. The van der Waals surface area contributed by atoms with Crippen LogP contribution in [0.2, 0.25) is 5.02 Å². The number of benzene rings is 2. The molecule has 1 atom stereocenters. The first-order valence-corrected chi connectivity index (χ1v) is 7.23. The van der Waals surface area contributed by atoms with Gasteiger partial charge < -0.3 is 10.1 Å². The average molecular weight is 313 g/mol. The lowest BCUT2D eigenvalue weighted by molar-refractivity contribution is 0.408. The fraction of sp³-hybridized carbons (Fsp3) is 0.167. The highest BCUT2D eigenvalue weighted by Gasteiger charge is 2.13. The molecular weight excluding hydrogens is 296 g/mol. The summed E-state index contributed by atoms with van der Waals surface area (Å²) in [5, 5.41) is 12.8. The molecule has 1 unspecified atom stereocenters. The molecule has 0 fully saturated rings. The molecule has 0 heterocycles. The number of nitrogens with zero attached hydrogens (tertiary/aromatic N) is 1. The maximum absolute atomic E-state index is 8.88. The van der Waals surface area contributed by atoms with Gasteiger partial charge in [-0.25, -0.2) is 0 Å². The van der Waals surface area contributed by atoms with Crippen LogP contribution in [0.3, 0.4) is 0 Å². The van der Waals surface area contributed by atoms with Crippen LogP contribution in [-0.4, -0.2) is 7.11 Å². The lowest BCUT2D eigenvalue weighted by atomic mass is 10.0. The molecule has 0 aromatic heterocycles. The van der Waals surface area contributed by atoms with E-state index < -0.39 is 0 Å². The molecule has 0 aliphatic carbocycles. The van der Waals surface area contributed by atoms with Gasteiger partial charge in [0.15, 0.2) is 0 Å². The zero-order valence-electron chi connectivity index (χ0n) is 12.6. The van der Waals surface area contributed by atoms with E-state index in [1.807, 2.05) is 25.1 Å². The number of methoxy groups -OCH3 is 1. The highest BCUT2D eigenvalue weighted by atomic mass is 35.5. The molecule has 112 valence electrons. The van der Waals surface area contributed by atoms with Crippen LogP contribution in [0.4, 0.5) is 5.69 Å². The third kappa shape index (κ3) is 3.41. The van der Waals surface area contributed by atoms with E-state index in [-0.39, 0.29) is 6.04 Å². The van der Waals surface area contributed by atoms with Crippen molar-refractivity contribution in [2.24, 2.45) is 0 Å². The molecule has 1 N–H and O–H groups in total. The Morgan fingerprint density at radius 1 is 1.32 bits per heavy atom. The van der Waals surface area contributed by atoms with E-state index >= 15 is 0 Å². The van der Waals surface area contributed by atoms with Crippen molar-refractivity contribution in [1.29, 1.82) is 5.26 Å². The van der Waals surface area contributed by atoms with E-state index in [2.05, 4.69) is 18.0 Å². The molecule has 3 nitrogen and oxygen atoms in total. The number of nitriles is 1. The SMILES string of the molecule is C=Cc1ccc(OC)c(C(C)Nc2ccc(C#N)cc2Cl)c1. The van der Waals surface area contributed by atoms with Gasteiger partial charge in [-0.1, -0.05) is 30.3 Å². The van der Waals surface area contributed by atoms with Gasteiger partial charge in [0.1, 0.15) is 5.75 Å². The molecule has 0 amide bonds. The van der Waals surface area contributed by atoms with Gasteiger partial charge in [-0.3, -0.25) is 0 Å². The van der Waals surface area contributed by atoms with Crippen LogP contribution in [0.1, 0.15) is 29.7 Å². The molecule has 2 aromatic carbocycles. The first-order chi connectivity index (χ1) is 10.6. The van der Waals surface area contributed by atoms with Crippen molar-refractivity contribution in [3.8, 4) is 11.8 Å². The number of hydrogen-bond donors (Lipinski definition) is 1. The normalized spacial score (nSPS) is 11.4. The minimum atomic E-state index is -0.0136. The predicted molar refractivity (Wildman–Crippen MR) is 91.3 cm³/mol. The smallest absolute Gasteiger partial charge is 0.124 e. The van der Waals surface area contributed by atoms with Gasteiger partial charge in [-0.05, 0) is 42.8 Å². The van der Waals surface area contributed by atoms with Crippen LogP contribution < -0.4 is 10.1 Å².